The minimum absolute atomic E-state index is 0.101. The minimum Gasteiger partial charge on any atom is -0.390 e. The number of rotatable bonds is 9. The van der Waals surface area contributed by atoms with Crippen LogP contribution in [0.1, 0.15) is 130 Å². The first-order valence-corrected chi connectivity index (χ1v) is 26.5. The lowest BCUT2D eigenvalue weighted by Gasteiger charge is -2.39. The highest BCUT2D eigenvalue weighted by molar-refractivity contribution is 5.99. The first kappa shape index (κ1) is 68.1. The molecule has 10 atom stereocenters. The van der Waals surface area contributed by atoms with Crippen LogP contribution in [0.2, 0.25) is 0 Å². The molecule has 0 aromatic carbocycles. The molecule has 0 aromatic heterocycles. The van der Waals surface area contributed by atoms with Crippen molar-refractivity contribution in [1.29, 1.82) is 0 Å². The second-order valence-electron chi connectivity index (χ2n) is 23.0. The van der Waals surface area contributed by atoms with Crippen molar-refractivity contribution in [3.8, 4) is 0 Å². The van der Waals surface area contributed by atoms with Crippen molar-refractivity contribution in [3.63, 3.8) is 0 Å². The van der Waals surface area contributed by atoms with E-state index in [0.29, 0.717) is 0 Å². The van der Waals surface area contributed by atoms with Gasteiger partial charge in [-0.25, -0.2) is 0 Å². The number of amides is 11. The van der Waals surface area contributed by atoms with Gasteiger partial charge in [-0.3, -0.25) is 52.7 Å². The molecule has 23 nitrogen and oxygen atoms in total. The molecule has 0 aromatic rings. The van der Waals surface area contributed by atoms with Crippen LogP contribution >= 0.6 is 0 Å². The largest absolute Gasteiger partial charge is 0.390 e. The quantitative estimate of drug-likeness (QED) is 0.210. The van der Waals surface area contributed by atoms with Crippen LogP contribution in [0.4, 0.5) is 0 Å². The third-order valence-corrected chi connectivity index (χ3v) is 14.2. The van der Waals surface area contributed by atoms with Gasteiger partial charge in [-0.15, -0.1) is 0 Å². The Morgan fingerprint density at radius 3 is 1.41 bits per heavy atom. The summed E-state index contributed by atoms with van der Waals surface area (Å²) in [5.41, 5.74) is -1.52. The predicted octanol–water partition coefficient (Wildman–Crippen LogP) is 0.414. The van der Waals surface area contributed by atoms with Crippen LogP contribution in [-0.2, 0) is 52.7 Å². The molecule has 0 bridgehead atoms. The maximum absolute atomic E-state index is 14.4. The van der Waals surface area contributed by atoms with Gasteiger partial charge in [-0.05, 0) is 84.5 Å². The first-order chi connectivity index (χ1) is 34.7. The molecule has 1 rings (SSSR count). The Hall–Kier alpha value is -5.87. The van der Waals surface area contributed by atoms with Gasteiger partial charge in [0.1, 0.15) is 60.4 Å². The van der Waals surface area contributed by atoms with Crippen LogP contribution in [0.3, 0.4) is 0 Å². The SMILES string of the molecule is CCC1NC(=O)C(C)N(C)C(=O)C(C(C)C)N(C)C(=O)C(C)N(C)C(=O)C(CC(C)(C)O)N(C)C(=O)C(C)NC(=O)C(C)NC(=O)C(CC(C)C)N(C)C(=O)C(C(C)C)NC(=O)C(CC(C)C)N(C)C(=O)CN(C)C1=O. The summed E-state index contributed by atoms with van der Waals surface area (Å²) >= 11 is 0. The lowest BCUT2D eigenvalue weighted by molar-refractivity contribution is -0.155. The molecule has 0 spiro atoms. The van der Waals surface area contributed by atoms with Gasteiger partial charge in [0, 0.05) is 55.8 Å². The van der Waals surface area contributed by atoms with E-state index >= 15 is 0 Å². The van der Waals surface area contributed by atoms with Gasteiger partial charge < -0.3 is 60.7 Å². The third kappa shape index (κ3) is 18.4. The van der Waals surface area contributed by atoms with E-state index in [9.17, 15) is 57.8 Å². The van der Waals surface area contributed by atoms with E-state index in [1.165, 1.54) is 106 Å². The highest BCUT2D eigenvalue weighted by Crippen LogP contribution is 2.22. The van der Waals surface area contributed by atoms with E-state index in [1.807, 2.05) is 27.7 Å². The van der Waals surface area contributed by atoms with Crippen molar-refractivity contribution in [2.24, 2.45) is 23.7 Å². The number of carbonyl (C=O) groups is 11. The summed E-state index contributed by atoms with van der Waals surface area (Å²) in [7, 11) is 9.67. The minimum atomic E-state index is -1.52. The third-order valence-electron chi connectivity index (χ3n) is 14.2. The maximum atomic E-state index is 14.4. The summed E-state index contributed by atoms with van der Waals surface area (Å²) in [4.78, 5) is 163. The maximum Gasteiger partial charge on any atom is 0.246 e. The molecule has 0 aliphatic carbocycles. The van der Waals surface area contributed by atoms with E-state index in [0.717, 1.165) is 19.6 Å². The van der Waals surface area contributed by atoms with Crippen LogP contribution in [0.25, 0.3) is 0 Å². The van der Waals surface area contributed by atoms with Crippen LogP contribution in [0.15, 0.2) is 0 Å². The normalized spacial score (nSPS) is 27.8. The molecule has 1 aliphatic rings. The fraction of sp³-hybridized carbons (Fsp3) is 0.792. The fourth-order valence-corrected chi connectivity index (χ4v) is 8.97. The molecule has 0 radical (unpaired) electrons. The zero-order chi connectivity index (χ0) is 59.3. The second-order valence-corrected chi connectivity index (χ2v) is 23.0. The molecule has 11 amide bonds. The molecule has 23 heteroatoms. The monoisotopic (exact) mass is 1080 g/mol. The molecule has 10 unspecified atom stereocenters. The Bertz CT molecular complexity index is 2090. The zero-order valence-electron chi connectivity index (χ0n) is 49.7. The molecule has 76 heavy (non-hydrogen) atoms. The van der Waals surface area contributed by atoms with Gasteiger partial charge in [0.15, 0.2) is 0 Å². The summed E-state index contributed by atoms with van der Waals surface area (Å²) in [5, 5.41) is 21.8. The standard InChI is InChI=1S/C53H95N11O12/c1-23-36-49(72)58(16)27-40(65)61(19)37(24-28(2)3)46(69)57-41(30(6)7)51(74)62(20)38(25-29(4)5)45(68)54-32(10)43(66)55-33(11)47(70)63(21)39(26-53(14,15)76)50(73)60(18)35(13)48(71)64(22)42(31(8)9)52(75)59(17)34(12)44(67)56-36/h28-39,41-42,76H,23-27H2,1-22H3,(H,54,68)(H,55,66)(H,56,67)(H,57,69). The van der Waals surface area contributed by atoms with Crippen molar-refractivity contribution in [2.45, 2.75) is 196 Å². The Morgan fingerprint density at radius 1 is 0.487 bits per heavy atom. The smallest absolute Gasteiger partial charge is 0.246 e. The Labute approximate surface area is 452 Å². The van der Waals surface area contributed by atoms with E-state index < -0.39 is 149 Å². The first-order valence-electron chi connectivity index (χ1n) is 26.5. The lowest BCUT2D eigenvalue weighted by atomic mass is 9.96. The Kier molecular flexibility index (Phi) is 26.0. The van der Waals surface area contributed by atoms with Gasteiger partial charge in [0.05, 0.1) is 12.1 Å². The van der Waals surface area contributed by atoms with E-state index in [-0.39, 0.29) is 37.5 Å². The summed E-state index contributed by atoms with van der Waals surface area (Å²) in [6.07, 6.45) is 0.138. The van der Waals surface area contributed by atoms with Crippen molar-refractivity contribution < 1.29 is 57.8 Å². The van der Waals surface area contributed by atoms with Gasteiger partial charge in [0.25, 0.3) is 0 Å². The topological polar surface area (TPSA) is 279 Å². The molecule has 1 aliphatic heterocycles. The van der Waals surface area contributed by atoms with Crippen LogP contribution in [0, 0.1) is 23.7 Å². The lowest BCUT2D eigenvalue weighted by Crippen LogP contribution is -2.61. The molecule has 1 saturated heterocycles. The zero-order valence-corrected chi connectivity index (χ0v) is 49.7. The highest BCUT2D eigenvalue weighted by atomic mass is 16.3. The van der Waals surface area contributed by atoms with Crippen molar-refractivity contribution in [1.82, 2.24) is 55.6 Å². The molecular weight excluding hydrogens is 983 g/mol. The van der Waals surface area contributed by atoms with Crippen molar-refractivity contribution in [3.05, 3.63) is 0 Å². The Morgan fingerprint density at radius 2 is 0.947 bits per heavy atom. The molecular formula is C53H95N11O12. The number of nitrogens with one attached hydrogen (secondary N) is 4. The van der Waals surface area contributed by atoms with E-state index in [2.05, 4.69) is 21.3 Å². The number of hydrogen-bond acceptors (Lipinski definition) is 12. The van der Waals surface area contributed by atoms with E-state index in [4.69, 9.17) is 0 Å². The van der Waals surface area contributed by atoms with Gasteiger partial charge in [-0.1, -0.05) is 62.3 Å². The van der Waals surface area contributed by atoms with Gasteiger partial charge in [-0.2, -0.15) is 0 Å². The van der Waals surface area contributed by atoms with Crippen LogP contribution in [-0.4, -0.2) is 226 Å². The van der Waals surface area contributed by atoms with Crippen molar-refractivity contribution >= 4 is 65.0 Å². The van der Waals surface area contributed by atoms with Crippen LogP contribution < -0.4 is 21.3 Å². The highest BCUT2D eigenvalue weighted by Gasteiger charge is 2.43. The summed E-state index contributed by atoms with van der Waals surface area (Å²) in [5.74, 6) is -8.70. The summed E-state index contributed by atoms with van der Waals surface area (Å²) in [6.45, 7) is 24.0. The number of likely N-dealkylation sites (N-methyl/N-ethyl adjacent to an activating group) is 7. The van der Waals surface area contributed by atoms with Gasteiger partial charge in [0.2, 0.25) is 65.0 Å². The number of hydrogen-bond donors (Lipinski definition) is 5. The van der Waals surface area contributed by atoms with E-state index in [1.54, 1.807) is 34.6 Å². The Balaban J connectivity index is 4.02. The van der Waals surface area contributed by atoms with Crippen molar-refractivity contribution in [2.75, 3.05) is 55.9 Å². The average Bonchev–Trinajstić information content (AvgIpc) is 3.33. The number of nitrogens with zero attached hydrogens (tertiary/aromatic N) is 7. The molecule has 1 heterocycles. The molecule has 1 fully saturated rings. The van der Waals surface area contributed by atoms with Gasteiger partial charge >= 0.3 is 0 Å². The molecule has 0 saturated carbocycles. The summed E-state index contributed by atoms with van der Waals surface area (Å²) in [6, 6.07) is -12.0. The van der Waals surface area contributed by atoms with Crippen LogP contribution in [0.5, 0.6) is 0 Å². The predicted molar refractivity (Wildman–Crippen MR) is 287 cm³/mol. The number of aliphatic hydroxyl groups is 1. The average molecular weight is 1080 g/mol. The number of carbonyl (C=O) groups excluding carboxylic acids is 11. The summed E-state index contributed by atoms with van der Waals surface area (Å²) < 4.78 is 0. The fourth-order valence-electron chi connectivity index (χ4n) is 8.97. The second kappa shape index (κ2) is 29.0. The molecule has 5 N–H and O–H groups in total. The molecule has 434 valence electrons.